The molecule has 0 aliphatic carbocycles. The van der Waals surface area contributed by atoms with E-state index in [0.29, 0.717) is 5.33 Å². The monoisotopic (exact) mass is 278 g/mol. The summed E-state index contributed by atoms with van der Waals surface area (Å²) in [6.45, 7) is 1.16. The summed E-state index contributed by atoms with van der Waals surface area (Å²) in [6.07, 6.45) is 0. The highest BCUT2D eigenvalue weighted by molar-refractivity contribution is 9.09. The quantitative estimate of drug-likeness (QED) is 0.758. The number of halogens is 3. The Morgan fingerprint density at radius 3 is 2.47 bits per heavy atom. The van der Waals surface area contributed by atoms with Crippen molar-refractivity contribution in [2.75, 3.05) is 5.33 Å². The Morgan fingerprint density at radius 1 is 1.33 bits per heavy atom. The van der Waals surface area contributed by atoms with Gasteiger partial charge in [-0.3, -0.25) is 0 Å². The van der Waals surface area contributed by atoms with Crippen molar-refractivity contribution in [3.63, 3.8) is 0 Å². The summed E-state index contributed by atoms with van der Waals surface area (Å²) < 4.78 is 28.8. The van der Waals surface area contributed by atoms with E-state index in [1.54, 1.807) is 18.2 Å². The SMILES string of the molecule is CC(C)(CBr)c1ccccc1OC(F)F. The first-order valence-corrected chi connectivity index (χ1v) is 5.70. The van der Waals surface area contributed by atoms with E-state index in [-0.39, 0.29) is 11.2 Å². The summed E-state index contributed by atoms with van der Waals surface area (Å²) >= 11 is 3.36. The number of hydrogen-bond acceptors (Lipinski definition) is 1. The van der Waals surface area contributed by atoms with Gasteiger partial charge in [-0.05, 0) is 6.07 Å². The number of rotatable bonds is 4. The maximum Gasteiger partial charge on any atom is 0.387 e. The molecular formula is C11H13BrF2O. The minimum Gasteiger partial charge on any atom is -0.435 e. The number of alkyl halides is 3. The molecular weight excluding hydrogens is 266 g/mol. The van der Waals surface area contributed by atoms with Crippen LogP contribution in [0.4, 0.5) is 8.78 Å². The largest absolute Gasteiger partial charge is 0.435 e. The molecule has 1 aromatic rings. The predicted molar refractivity (Wildman–Crippen MR) is 59.9 cm³/mol. The molecule has 0 aliphatic rings. The Hall–Kier alpha value is -0.640. The fourth-order valence-electron chi connectivity index (χ4n) is 1.30. The van der Waals surface area contributed by atoms with Crippen LogP contribution in [0.15, 0.2) is 24.3 Å². The van der Waals surface area contributed by atoms with Crippen molar-refractivity contribution in [1.82, 2.24) is 0 Å². The van der Waals surface area contributed by atoms with Crippen molar-refractivity contribution in [3.8, 4) is 5.75 Å². The van der Waals surface area contributed by atoms with Gasteiger partial charge in [0.05, 0.1) is 0 Å². The molecule has 0 atom stereocenters. The molecule has 4 heteroatoms. The standard InChI is InChI=1S/C11H13BrF2O/c1-11(2,7-12)8-5-3-4-6-9(8)15-10(13)14/h3-6,10H,7H2,1-2H3. The van der Waals surface area contributed by atoms with Crippen molar-refractivity contribution >= 4 is 15.9 Å². The van der Waals surface area contributed by atoms with Gasteiger partial charge in [-0.15, -0.1) is 0 Å². The molecule has 0 heterocycles. The van der Waals surface area contributed by atoms with Crippen LogP contribution in [0.2, 0.25) is 0 Å². The molecule has 1 rings (SSSR count). The van der Waals surface area contributed by atoms with E-state index >= 15 is 0 Å². The van der Waals surface area contributed by atoms with E-state index in [0.717, 1.165) is 5.56 Å². The van der Waals surface area contributed by atoms with E-state index in [1.807, 2.05) is 19.9 Å². The molecule has 0 fully saturated rings. The first-order chi connectivity index (χ1) is 6.97. The molecule has 0 N–H and O–H groups in total. The van der Waals surface area contributed by atoms with Gasteiger partial charge in [0.25, 0.3) is 0 Å². The zero-order valence-electron chi connectivity index (χ0n) is 8.64. The maximum atomic E-state index is 12.2. The van der Waals surface area contributed by atoms with Crippen molar-refractivity contribution in [2.24, 2.45) is 0 Å². The third-order valence-electron chi connectivity index (χ3n) is 2.17. The second-order valence-electron chi connectivity index (χ2n) is 3.89. The fourth-order valence-corrected chi connectivity index (χ4v) is 1.60. The Balaban J connectivity index is 3.06. The van der Waals surface area contributed by atoms with Crippen molar-refractivity contribution in [3.05, 3.63) is 29.8 Å². The molecule has 0 aromatic heterocycles. The highest BCUT2D eigenvalue weighted by Gasteiger charge is 2.23. The van der Waals surface area contributed by atoms with Crippen LogP contribution in [0.5, 0.6) is 5.75 Å². The van der Waals surface area contributed by atoms with E-state index in [2.05, 4.69) is 20.7 Å². The second-order valence-corrected chi connectivity index (χ2v) is 4.45. The van der Waals surface area contributed by atoms with Crippen LogP contribution in [-0.4, -0.2) is 11.9 Å². The molecule has 0 spiro atoms. The van der Waals surface area contributed by atoms with Crippen LogP contribution in [0.1, 0.15) is 19.4 Å². The highest BCUT2D eigenvalue weighted by Crippen LogP contribution is 2.33. The van der Waals surface area contributed by atoms with Crippen LogP contribution in [0.3, 0.4) is 0 Å². The van der Waals surface area contributed by atoms with Gasteiger partial charge in [-0.2, -0.15) is 8.78 Å². The number of hydrogen-bond donors (Lipinski definition) is 0. The van der Waals surface area contributed by atoms with Crippen LogP contribution >= 0.6 is 15.9 Å². The minimum atomic E-state index is -2.78. The minimum absolute atomic E-state index is 0.231. The van der Waals surface area contributed by atoms with Crippen molar-refractivity contribution in [2.45, 2.75) is 25.9 Å². The van der Waals surface area contributed by atoms with Gasteiger partial charge < -0.3 is 4.74 Å². The van der Waals surface area contributed by atoms with E-state index in [1.165, 1.54) is 0 Å². The molecule has 84 valence electrons. The predicted octanol–water partition coefficient (Wildman–Crippen LogP) is 3.96. The smallest absolute Gasteiger partial charge is 0.387 e. The molecule has 0 saturated carbocycles. The third-order valence-corrected chi connectivity index (χ3v) is 3.57. The molecule has 0 radical (unpaired) electrons. The van der Waals surface area contributed by atoms with Gasteiger partial charge in [0.2, 0.25) is 0 Å². The van der Waals surface area contributed by atoms with Gasteiger partial charge in [-0.1, -0.05) is 48.0 Å². The van der Waals surface area contributed by atoms with Crippen molar-refractivity contribution in [1.29, 1.82) is 0 Å². The molecule has 0 bridgehead atoms. The molecule has 1 nitrogen and oxygen atoms in total. The molecule has 0 saturated heterocycles. The number of ether oxygens (including phenoxy) is 1. The Labute approximate surface area is 96.6 Å². The van der Waals surface area contributed by atoms with Crippen molar-refractivity contribution < 1.29 is 13.5 Å². The summed E-state index contributed by atoms with van der Waals surface area (Å²) in [4.78, 5) is 0. The molecule has 0 aliphatic heterocycles. The first kappa shape index (κ1) is 12.4. The molecule has 1 aromatic carbocycles. The highest BCUT2D eigenvalue weighted by atomic mass is 79.9. The Kier molecular flexibility index (Phi) is 4.08. The first-order valence-electron chi connectivity index (χ1n) is 4.57. The molecule has 15 heavy (non-hydrogen) atoms. The average Bonchev–Trinajstić information content (AvgIpc) is 2.17. The average molecular weight is 279 g/mol. The Bertz CT molecular complexity index is 326. The summed E-state index contributed by atoms with van der Waals surface area (Å²) in [5, 5.41) is 0.684. The van der Waals surface area contributed by atoms with Gasteiger partial charge in [-0.25, -0.2) is 0 Å². The van der Waals surface area contributed by atoms with Crippen LogP contribution in [0.25, 0.3) is 0 Å². The second kappa shape index (κ2) is 4.92. The molecule has 0 unspecified atom stereocenters. The zero-order valence-corrected chi connectivity index (χ0v) is 10.2. The van der Waals surface area contributed by atoms with Gasteiger partial charge in [0.15, 0.2) is 0 Å². The third kappa shape index (κ3) is 3.16. The van der Waals surface area contributed by atoms with Gasteiger partial charge in [0, 0.05) is 16.3 Å². The van der Waals surface area contributed by atoms with E-state index < -0.39 is 6.61 Å². The lowest BCUT2D eigenvalue weighted by molar-refractivity contribution is -0.0508. The normalized spacial score (nSPS) is 11.9. The van der Waals surface area contributed by atoms with Crippen LogP contribution < -0.4 is 4.74 Å². The number of benzene rings is 1. The zero-order chi connectivity index (χ0) is 11.5. The number of para-hydroxylation sites is 1. The lowest BCUT2D eigenvalue weighted by atomic mass is 9.86. The van der Waals surface area contributed by atoms with E-state index in [9.17, 15) is 8.78 Å². The summed E-state index contributed by atoms with van der Waals surface area (Å²) in [5.41, 5.74) is 0.549. The lowest BCUT2D eigenvalue weighted by Gasteiger charge is -2.24. The van der Waals surface area contributed by atoms with Crippen LogP contribution in [0, 0.1) is 0 Å². The van der Waals surface area contributed by atoms with Gasteiger partial charge >= 0.3 is 6.61 Å². The Morgan fingerprint density at radius 2 is 1.93 bits per heavy atom. The lowest BCUT2D eigenvalue weighted by Crippen LogP contribution is -2.20. The van der Waals surface area contributed by atoms with E-state index in [4.69, 9.17) is 0 Å². The summed E-state index contributed by atoms with van der Waals surface area (Å²) in [7, 11) is 0. The summed E-state index contributed by atoms with van der Waals surface area (Å²) in [6, 6.07) is 6.87. The maximum absolute atomic E-state index is 12.2. The van der Waals surface area contributed by atoms with Gasteiger partial charge in [0.1, 0.15) is 5.75 Å². The summed E-state index contributed by atoms with van der Waals surface area (Å²) in [5.74, 6) is 0.247. The molecule has 0 amide bonds. The fraction of sp³-hybridized carbons (Fsp3) is 0.455. The van der Waals surface area contributed by atoms with Crippen LogP contribution in [-0.2, 0) is 5.41 Å². The topological polar surface area (TPSA) is 9.23 Å².